The lowest BCUT2D eigenvalue weighted by Gasteiger charge is -2.38. The fraction of sp³-hybridized carbons (Fsp3) is 1.00. The van der Waals surface area contributed by atoms with Crippen molar-refractivity contribution in [2.45, 2.75) is 71.9 Å². The highest BCUT2D eigenvalue weighted by Gasteiger charge is 2.31. The van der Waals surface area contributed by atoms with Crippen molar-refractivity contribution >= 4 is 0 Å². The van der Waals surface area contributed by atoms with Gasteiger partial charge in [-0.3, -0.25) is 0 Å². The molecule has 108 valence electrons. The Balaban J connectivity index is 2.42. The van der Waals surface area contributed by atoms with Gasteiger partial charge in [0.25, 0.3) is 0 Å². The number of hydrogen-bond donors (Lipinski definition) is 1. The fourth-order valence-corrected chi connectivity index (χ4v) is 3.14. The molecule has 1 rings (SSSR count). The molecule has 4 unspecified atom stereocenters. The van der Waals surface area contributed by atoms with Gasteiger partial charge in [-0.25, -0.2) is 0 Å². The second-order valence-electron chi connectivity index (χ2n) is 6.48. The van der Waals surface area contributed by atoms with E-state index in [1.165, 1.54) is 32.1 Å². The quantitative estimate of drug-likeness (QED) is 0.746. The molecule has 4 atom stereocenters. The van der Waals surface area contributed by atoms with Crippen molar-refractivity contribution in [3.05, 3.63) is 0 Å². The third kappa shape index (κ3) is 4.89. The van der Waals surface area contributed by atoms with Crippen LogP contribution in [0, 0.1) is 17.8 Å². The predicted molar refractivity (Wildman–Crippen MR) is 78.8 cm³/mol. The normalized spacial score (nSPS) is 30.7. The first-order valence-electron chi connectivity index (χ1n) is 7.87. The summed E-state index contributed by atoms with van der Waals surface area (Å²) in [6.07, 6.45) is 6.83. The molecule has 0 radical (unpaired) electrons. The Kier molecular flexibility index (Phi) is 7.25. The molecule has 0 aromatic rings. The summed E-state index contributed by atoms with van der Waals surface area (Å²) in [5.41, 5.74) is 0. The summed E-state index contributed by atoms with van der Waals surface area (Å²) in [5.74, 6) is 2.34. The van der Waals surface area contributed by atoms with E-state index in [1.54, 1.807) is 0 Å². The maximum absolute atomic E-state index is 6.22. The second-order valence-corrected chi connectivity index (χ2v) is 6.48. The van der Waals surface area contributed by atoms with Gasteiger partial charge in [0.1, 0.15) is 0 Å². The Morgan fingerprint density at radius 2 is 1.94 bits per heavy atom. The standard InChI is InChI=1S/C16H33NO/c1-6-7-13(4)11-18-16-10-14(12(2)3)8-9-15(16)17-5/h12-17H,6-11H2,1-5H3. The van der Waals surface area contributed by atoms with E-state index in [0.717, 1.165) is 18.4 Å². The van der Waals surface area contributed by atoms with Crippen LogP contribution in [0.25, 0.3) is 0 Å². The Labute approximate surface area is 114 Å². The van der Waals surface area contributed by atoms with Crippen molar-refractivity contribution in [3.63, 3.8) is 0 Å². The van der Waals surface area contributed by atoms with Crippen LogP contribution in [-0.2, 0) is 4.74 Å². The van der Waals surface area contributed by atoms with Crippen molar-refractivity contribution in [3.8, 4) is 0 Å². The minimum Gasteiger partial charge on any atom is -0.376 e. The van der Waals surface area contributed by atoms with Crippen molar-refractivity contribution in [2.75, 3.05) is 13.7 Å². The molecule has 2 heteroatoms. The van der Waals surface area contributed by atoms with Gasteiger partial charge in [0, 0.05) is 12.6 Å². The molecule has 0 saturated heterocycles. The average molecular weight is 255 g/mol. The number of nitrogens with one attached hydrogen (secondary N) is 1. The molecule has 1 N–H and O–H groups in total. The lowest BCUT2D eigenvalue weighted by Crippen LogP contribution is -2.45. The molecule has 0 aliphatic heterocycles. The first-order chi connectivity index (χ1) is 8.58. The molecule has 1 fully saturated rings. The maximum atomic E-state index is 6.22. The molecule has 1 aliphatic rings. The average Bonchev–Trinajstić information content (AvgIpc) is 2.36. The molecule has 0 heterocycles. The number of likely N-dealkylation sites (N-methyl/N-ethyl adjacent to an activating group) is 1. The van der Waals surface area contributed by atoms with Gasteiger partial charge in [0.2, 0.25) is 0 Å². The molecule has 0 bridgehead atoms. The monoisotopic (exact) mass is 255 g/mol. The van der Waals surface area contributed by atoms with Crippen LogP contribution in [0.1, 0.15) is 59.8 Å². The summed E-state index contributed by atoms with van der Waals surface area (Å²) in [6, 6.07) is 0.564. The Hall–Kier alpha value is -0.0800. The second kappa shape index (κ2) is 8.16. The Morgan fingerprint density at radius 3 is 2.50 bits per heavy atom. The third-order valence-corrected chi connectivity index (χ3v) is 4.52. The third-order valence-electron chi connectivity index (χ3n) is 4.52. The predicted octanol–water partition coefficient (Wildman–Crippen LogP) is 3.85. The first-order valence-corrected chi connectivity index (χ1v) is 7.87. The summed E-state index contributed by atoms with van der Waals surface area (Å²) in [4.78, 5) is 0. The van der Waals surface area contributed by atoms with Gasteiger partial charge >= 0.3 is 0 Å². The van der Waals surface area contributed by atoms with Crippen LogP contribution in [-0.4, -0.2) is 25.8 Å². The SMILES string of the molecule is CCCC(C)COC1CC(C(C)C)CCC1NC. The fourth-order valence-electron chi connectivity index (χ4n) is 3.14. The van der Waals surface area contributed by atoms with Crippen LogP contribution < -0.4 is 5.32 Å². The summed E-state index contributed by atoms with van der Waals surface area (Å²) in [6.45, 7) is 10.2. The molecule has 0 aromatic carbocycles. The van der Waals surface area contributed by atoms with Crippen LogP contribution in [0.5, 0.6) is 0 Å². The van der Waals surface area contributed by atoms with E-state index in [2.05, 4.69) is 40.1 Å². The number of rotatable bonds is 7. The molecule has 0 spiro atoms. The largest absolute Gasteiger partial charge is 0.376 e. The molecule has 18 heavy (non-hydrogen) atoms. The molecular weight excluding hydrogens is 222 g/mol. The van der Waals surface area contributed by atoms with Gasteiger partial charge in [-0.1, -0.05) is 34.1 Å². The van der Waals surface area contributed by atoms with Crippen LogP contribution in [0.3, 0.4) is 0 Å². The van der Waals surface area contributed by atoms with Gasteiger partial charge in [0.15, 0.2) is 0 Å². The van der Waals surface area contributed by atoms with Gasteiger partial charge < -0.3 is 10.1 Å². The van der Waals surface area contributed by atoms with Crippen LogP contribution >= 0.6 is 0 Å². The zero-order valence-corrected chi connectivity index (χ0v) is 13.0. The zero-order valence-electron chi connectivity index (χ0n) is 13.0. The Bertz CT molecular complexity index is 217. The molecule has 1 saturated carbocycles. The molecule has 0 aromatic heterocycles. The lowest BCUT2D eigenvalue weighted by atomic mass is 9.78. The van der Waals surface area contributed by atoms with Crippen molar-refractivity contribution in [1.29, 1.82) is 0 Å². The maximum Gasteiger partial charge on any atom is 0.0730 e. The smallest absolute Gasteiger partial charge is 0.0730 e. The van der Waals surface area contributed by atoms with Gasteiger partial charge in [-0.05, 0) is 50.5 Å². The summed E-state index contributed by atoms with van der Waals surface area (Å²) in [7, 11) is 2.08. The summed E-state index contributed by atoms with van der Waals surface area (Å²) >= 11 is 0. The molecule has 1 aliphatic carbocycles. The summed E-state index contributed by atoms with van der Waals surface area (Å²) < 4.78 is 6.22. The highest BCUT2D eigenvalue weighted by molar-refractivity contribution is 4.86. The van der Waals surface area contributed by atoms with E-state index in [-0.39, 0.29) is 0 Å². The van der Waals surface area contributed by atoms with E-state index in [4.69, 9.17) is 4.74 Å². The van der Waals surface area contributed by atoms with E-state index >= 15 is 0 Å². The Morgan fingerprint density at radius 1 is 1.22 bits per heavy atom. The van der Waals surface area contributed by atoms with Crippen LogP contribution in [0.4, 0.5) is 0 Å². The van der Waals surface area contributed by atoms with E-state index in [0.29, 0.717) is 18.1 Å². The van der Waals surface area contributed by atoms with Gasteiger partial charge in [-0.15, -0.1) is 0 Å². The first kappa shape index (κ1) is 16.0. The number of hydrogen-bond acceptors (Lipinski definition) is 2. The van der Waals surface area contributed by atoms with Crippen molar-refractivity contribution < 1.29 is 4.74 Å². The topological polar surface area (TPSA) is 21.3 Å². The minimum atomic E-state index is 0.426. The van der Waals surface area contributed by atoms with E-state index in [1.807, 2.05) is 0 Å². The number of ether oxygens (including phenoxy) is 1. The van der Waals surface area contributed by atoms with Crippen LogP contribution in [0.2, 0.25) is 0 Å². The lowest BCUT2D eigenvalue weighted by molar-refractivity contribution is -0.0285. The van der Waals surface area contributed by atoms with E-state index < -0.39 is 0 Å². The van der Waals surface area contributed by atoms with Crippen molar-refractivity contribution in [2.24, 2.45) is 17.8 Å². The zero-order chi connectivity index (χ0) is 13.5. The highest BCUT2D eigenvalue weighted by Crippen LogP contribution is 2.32. The minimum absolute atomic E-state index is 0.426. The van der Waals surface area contributed by atoms with Gasteiger partial charge in [-0.2, -0.15) is 0 Å². The van der Waals surface area contributed by atoms with E-state index in [9.17, 15) is 0 Å². The van der Waals surface area contributed by atoms with Crippen LogP contribution in [0.15, 0.2) is 0 Å². The molecule has 0 amide bonds. The van der Waals surface area contributed by atoms with Gasteiger partial charge in [0.05, 0.1) is 6.10 Å². The highest BCUT2D eigenvalue weighted by atomic mass is 16.5. The molecule has 2 nitrogen and oxygen atoms in total. The molecular formula is C16H33NO. The van der Waals surface area contributed by atoms with Crippen molar-refractivity contribution in [1.82, 2.24) is 5.32 Å². The summed E-state index contributed by atoms with van der Waals surface area (Å²) in [5, 5.41) is 3.44.